The minimum atomic E-state index is -3.54. The number of piperazine rings is 1. The first-order valence-electron chi connectivity index (χ1n) is 11.0. The average molecular weight is 488 g/mol. The van der Waals surface area contributed by atoms with E-state index in [1.165, 1.54) is 4.31 Å². The van der Waals surface area contributed by atoms with Crippen LogP contribution < -0.4 is 5.32 Å². The van der Waals surface area contributed by atoms with Crippen LogP contribution in [-0.2, 0) is 27.1 Å². The molecule has 10 heteroatoms. The molecule has 33 heavy (non-hydrogen) atoms. The van der Waals surface area contributed by atoms with Crippen LogP contribution in [0.2, 0.25) is 0 Å². The number of para-hydroxylation sites is 2. The number of amides is 1. The van der Waals surface area contributed by atoms with Crippen molar-refractivity contribution in [3.8, 4) is 0 Å². The highest BCUT2D eigenvalue weighted by atomic mass is 32.2. The number of thioether (sulfide) groups is 1. The Kier molecular flexibility index (Phi) is 7.38. The number of rotatable bonds is 8. The smallest absolute Gasteiger partial charge is 0.244 e. The third kappa shape index (κ3) is 5.24. The fourth-order valence-electron chi connectivity index (χ4n) is 4.03. The maximum Gasteiger partial charge on any atom is 0.244 e. The summed E-state index contributed by atoms with van der Waals surface area (Å²) in [5.74, 6) is 1.37. The van der Waals surface area contributed by atoms with Gasteiger partial charge < -0.3 is 14.8 Å². The summed E-state index contributed by atoms with van der Waals surface area (Å²) >= 11 is 1.65. The monoisotopic (exact) mass is 487 g/mol. The van der Waals surface area contributed by atoms with Crippen molar-refractivity contribution in [2.45, 2.75) is 24.1 Å². The Labute approximate surface area is 199 Å². The molecule has 2 heterocycles. The van der Waals surface area contributed by atoms with Crippen molar-refractivity contribution >= 4 is 44.4 Å². The van der Waals surface area contributed by atoms with Gasteiger partial charge in [-0.1, -0.05) is 19.1 Å². The normalized spacial score (nSPS) is 15.7. The van der Waals surface area contributed by atoms with Crippen LogP contribution in [-0.4, -0.2) is 72.1 Å². The van der Waals surface area contributed by atoms with Crippen LogP contribution in [0.1, 0.15) is 12.7 Å². The van der Waals surface area contributed by atoms with Gasteiger partial charge in [0.25, 0.3) is 0 Å². The van der Waals surface area contributed by atoms with Crippen LogP contribution in [0.5, 0.6) is 0 Å². The zero-order valence-electron chi connectivity index (χ0n) is 18.9. The van der Waals surface area contributed by atoms with E-state index in [9.17, 15) is 13.2 Å². The molecule has 1 amide bonds. The molecule has 1 saturated heterocycles. The number of anilines is 1. The predicted molar refractivity (Wildman–Crippen MR) is 133 cm³/mol. The molecular formula is C23H29N5O3S2. The highest BCUT2D eigenvalue weighted by Gasteiger charge is 2.28. The number of hydrogen-bond donors (Lipinski definition) is 1. The summed E-state index contributed by atoms with van der Waals surface area (Å²) in [5.41, 5.74) is 2.34. The second-order valence-electron chi connectivity index (χ2n) is 7.95. The van der Waals surface area contributed by atoms with Gasteiger partial charge in [-0.25, -0.2) is 13.4 Å². The highest BCUT2D eigenvalue weighted by Crippen LogP contribution is 2.21. The third-order valence-electron chi connectivity index (χ3n) is 5.86. The van der Waals surface area contributed by atoms with E-state index >= 15 is 0 Å². The van der Waals surface area contributed by atoms with Crippen molar-refractivity contribution in [2.24, 2.45) is 0 Å². The molecule has 1 aromatic heterocycles. The highest BCUT2D eigenvalue weighted by molar-refractivity contribution is 7.97. The molecule has 0 radical (unpaired) electrons. The average Bonchev–Trinajstić information content (AvgIpc) is 3.16. The lowest BCUT2D eigenvalue weighted by Gasteiger charge is -2.33. The largest absolute Gasteiger partial charge is 0.325 e. The van der Waals surface area contributed by atoms with Crippen molar-refractivity contribution in [2.75, 3.05) is 44.3 Å². The Morgan fingerprint density at radius 3 is 2.42 bits per heavy atom. The van der Waals surface area contributed by atoms with Gasteiger partial charge in [-0.05, 0) is 49.2 Å². The van der Waals surface area contributed by atoms with Crippen LogP contribution in [0.4, 0.5) is 5.69 Å². The van der Waals surface area contributed by atoms with Crippen molar-refractivity contribution < 1.29 is 13.2 Å². The molecule has 0 atom stereocenters. The molecule has 3 aromatic rings. The Morgan fingerprint density at radius 2 is 1.76 bits per heavy atom. The van der Waals surface area contributed by atoms with E-state index < -0.39 is 10.0 Å². The number of benzene rings is 2. The molecule has 4 rings (SSSR count). The van der Waals surface area contributed by atoms with Gasteiger partial charge in [0.1, 0.15) is 12.4 Å². The summed E-state index contributed by atoms with van der Waals surface area (Å²) in [5, 5.41) is 2.88. The summed E-state index contributed by atoms with van der Waals surface area (Å²) in [4.78, 5) is 19.9. The van der Waals surface area contributed by atoms with Gasteiger partial charge >= 0.3 is 0 Å². The zero-order chi connectivity index (χ0) is 23.4. The van der Waals surface area contributed by atoms with E-state index in [2.05, 4.69) is 22.1 Å². The topological polar surface area (TPSA) is 87.5 Å². The molecular weight excluding hydrogens is 458 g/mol. The van der Waals surface area contributed by atoms with Crippen LogP contribution in [0.15, 0.2) is 53.4 Å². The Hall–Kier alpha value is -2.40. The Morgan fingerprint density at radius 1 is 1.06 bits per heavy atom. The summed E-state index contributed by atoms with van der Waals surface area (Å²) in [6, 6.07) is 14.2. The molecule has 2 aromatic carbocycles. The first-order chi connectivity index (χ1) is 15.9. The standard InChI is InChI=1S/C23H29N5O3S2/c1-3-26-12-14-27(15-13-26)33(30,31)19-10-8-18(9-11-19)24-23(29)16-28-21-7-5-4-6-20(21)25-22(28)17-32-2/h4-11H,3,12-17H2,1-2H3,(H,24,29). The molecule has 1 fully saturated rings. The molecule has 0 saturated carbocycles. The fraction of sp³-hybridized carbons (Fsp3) is 0.391. The van der Waals surface area contributed by atoms with Crippen LogP contribution in [0, 0.1) is 0 Å². The van der Waals surface area contributed by atoms with Crippen molar-refractivity contribution in [1.29, 1.82) is 0 Å². The Balaban J connectivity index is 1.44. The molecule has 0 bridgehead atoms. The lowest BCUT2D eigenvalue weighted by molar-refractivity contribution is -0.116. The third-order valence-corrected chi connectivity index (χ3v) is 8.32. The van der Waals surface area contributed by atoms with E-state index in [1.807, 2.05) is 35.1 Å². The minimum Gasteiger partial charge on any atom is -0.325 e. The van der Waals surface area contributed by atoms with E-state index in [0.29, 0.717) is 24.5 Å². The predicted octanol–water partition coefficient (Wildman–Crippen LogP) is 2.86. The van der Waals surface area contributed by atoms with Gasteiger partial charge in [0.2, 0.25) is 15.9 Å². The molecule has 1 aliphatic rings. The van der Waals surface area contributed by atoms with Gasteiger partial charge in [-0.15, -0.1) is 0 Å². The van der Waals surface area contributed by atoms with Crippen LogP contribution in [0.25, 0.3) is 11.0 Å². The van der Waals surface area contributed by atoms with E-state index in [0.717, 1.165) is 36.5 Å². The van der Waals surface area contributed by atoms with Gasteiger partial charge in [-0.2, -0.15) is 16.1 Å². The van der Waals surface area contributed by atoms with E-state index in [1.54, 1.807) is 36.0 Å². The molecule has 176 valence electrons. The number of nitrogens with zero attached hydrogens (tertiary/aromatic N) is 4. The van der Waals surface area contributed by atoms with Crippen molar-refractivity contribution in [3.63, 3.8) is 0 Å². The number of likely N-dealkylation sites (N-methyl/N-ethyl adjacent to an activating group) is 1. The zero-order valence-corrected chi connectivity index (χ0v) is 20.5. The fourth-order valence-corrected chi connectivity index (χ4v) is 5.93. The number of aromatic nitrogens is 2. The maximum absolute atomic E-state index is 13.0. The van der Waals surface area contributed by atoms with Crippen molar-refractivity contribution in [3.05, 3.63) is 54.4 Å². The number of carbonyl (C=O) groups is 1. The summed E-state index contributed by atoms with van der Waals surface area (Å²) in [6.07, 6.45) is 2.00. The van der Waals surface area contributed by atoms with Gasteiger partial charge in [0, 0.05) is 31.9 Å². The summed E-state index contributed by atoms with van der Waals surface area (Å²) < 4.78 is 29.4. The molecule has 1 aliphatic heterocycles. The number of nitrogens with one attached hydrogen (secondary N) is 1. The first kappa shape index (κ1) is 23.7. The van der Waals surface area contributed by atoms with Crippen LogP contribution >= 0.6 is 11.8 Å². The summed E-state index contributed by atoms with van der Waals surface area (Å²) in [7, 11) is -3.54. The molecule has 0 aliphatic carbocycles. The lowest BCUT2D eigenvalue weighted by atomic mass is 10.3. The van der Waals surface area contributed by atoms with Crippen LogP contribution in [0.3, 0.4) is 0 Å². The van der Waals surface area contributed by atoms with E-state index in [-0.39, 0.29) is 17.3 Å². The first-order valence-corrected chi connectivity index (χ1v) is 13.8. The lowest BCUT2D eigenvalue weighted by Crippen LogP contribution is -2.48. The molecule has 0 unspecified atom stereocenters. The number of fused-ring (bicyclic) bond motifs is 1. The molecule has 0 spiro atoms. The van der Waals surface area contributed by atoms with E-state index in [4.69, 9.17) is 0 Å². The Bertz CT molecular complexity index is 1220. The number of imidazole rings is 1. The molecule has 8 nitrogen and oxygen atoms in total. The number of sulfonamides is 1. The maximum atomic E-state index is 13.0. The summed E-state index contributed by atoms with van der Waals surface area (Å²) in [6.45, 7) is 5.61. The molecule has 1 N–H and O–H groups in total. The SMILES string of the molecule is CCN1CCN(S(=O)(=O)c2ccc(NC(=O)Cn3c(CSC)nc4ccccc43)cc2)CC1. The quantitative estimate of drug-likeness (QED) is 0.526. The van der Waals surface area contributed by atoms with Gasteiger partial charge in [0.15, 0.2) is 0 Å². The minimum absolute atomic E-state index is 0.137. The van der Waals surface area contributed by atoms with Gasteiger partial charge in [0.05, 0.1) is 21.7 Å². The number of hydrogen-bond acceptors (Lipinski definition) is 6. The van der Waals surface area contributed by atoms with Crippen molar-refractivity contribution in [1.82, 2.24) is 18.8 Å². The number of carbonyl (C=O) groups excluding carboxylic acids is 1. The van der Waals surface area contributed by atoms with Gasteiger partial charge in [-0.3, -0.25) is 4.79 Å². The second-order valence-corrected chi connectivity index (χ2v) is 10.8. The second kappa shape index (κ2) is 10.3.